The molecule has 0 spiro atoms. The Kier molecular flexibility index (Phi) is 32.2. The first-order valence-electron chi connectivity index (χ1n) is 9.46. The summed E-state index contributed by atoms with van der Waals surface area (Å²) in [4.78, 5) is 2.00. The fourth-order valence-corrected chi connectivity index (χ4v) is 2.34. The summed E-state index contributed by atoms with van der Waals surface area (Å²) in [5, 5.41) is 0. The molecule has 138 valence electrons. The van der Waals surface area contributed by atoms with E-state index in [-0.39, 0.29) is 12.4 Å². The lowest BCUT2D eigenvalue weighted by atomic mass is 10.0. The molecule has 2 N–H and O–H groups in total. The van der Waals surface area contributed by atoms with Gasteiger partial charge in [0.05, 0.1) is 0 Å². The summed E-state index contributed by atoms with van der Waals surface area (Å²) >= 11 is 0. The molecule has 0 atom stereocenters. The van der Waals surface area contributed by atoms with E-state index in [0.717, 1.165) is 6.54 Å². The van der Waals surface area contributed by atoms with E-state index in [1.807, 2.05) is 26.0 Å². The number of nitrogens with two attached hydrogens (primary N) is 1. The molecule has 0 saturated heterocycles. The van der Waals surface area contributed by atoms with E-state index in [0.29, 0.717) is 0 Å². The molecule has 2 nitrogen and oxygen atoms in total. The van der Waals surface area contributed by atoms with Gasteiger partial charge in [-0.1, -0.05) is 90.4 Å². The molecule has 0 rings (SSSR count). The first-order valence-corrected chi connectivity index (χ1v) is 9.46. The molecule has 0 aliphatic carbocycles. The number of hydrogen-bond donors (Lipinski definition) is 1. The van der Waals surface area contributed by atoms with Crippen molar-refractivity contribution in [3.8, 4) is 0 Å². The summed E-state index contributed by atoms with van der Waals surface area (Å²) in [5.41, 5.74) is 5.47. The number of hydrogen-bond acceptors (Lipinski definition) is 2. The SMILES string of the molecule is CCCCCCCCCCCCCCCCN.CN(C)C.Cl. The predicted octanol–water partition coefficient (Wildman–Crippen LogP) is 6.03. The quantitative estimate of drug-likeness (QED) is 0.392. The maximum atomic E-state index is 5.47. The Labute approximate surface area is 148 Å². The standard InChI is InChI=1S/C16H35N.C3H9N.ClH/c1-2-3-4-5-6-7-8-9-10-11-12-13-14-15-16-17;1-4(2)3;/h2-17H2,1H3;1-3H3;1H. The summed E-state index contributed by atoms with van der Waals surface area (Å²) in [7, 11) is 6.00. The highest BCUT2D eigenvalue weighted by Gasteiger charge is 1.93. The molecule has 0 aromatic carbocycles. The number of nitrogens with zero attached hydrogens (tertiary/aromatic N) is 1. The van der Waals surface area contributed by atoms with E-state index in [1.54, 1.807) is 0 Å². The van der Waals surface area contributed by atoms with Crippen molar-refractivity contribution in [1.29, 1.82) is 0 Å². The molecule has 0 unspecified atom stereocenters. The highest BCUT2D eigenvalue weighted by molar-refractivity contribution is 5.85. The molecule has 0 aliphatic heterocycles. The van der Waals surface area contributed by atoms with Crippen LogP contribution in [-0.2, 0) is 0 Å². The van der Waals surface area contributed by atoms with Crippen molar-refractivity contribution in [3.63, 3.8) is 0 Å². The maximum absolute atomic E-state index is 5.47. The van der Waals surface area contributed by atoms with E-state index in [2.05, 4.69) is 6.92 Å². The fourth-order valence-electron chi connectivity index (χ4n) is 2.34. The molecular weight excluding hydrogens is 292 g/mol. The Hall–Kier alpha value is 0.210. The third-order valence-corrected chi connectivity index (χ3v) is 3.56. The van der Waals surface area contributed by atoms with Crippen LogP contribution in [0.1, 0.15) is 96.8 Å². The molecule has 22 heavy (non-hydrogen) atoms. The van der Waals surface area contributed by atoms with Crippen LogP contribution in [0.15, 0.2) is 0 Å². The van der Waals surface area contributed by atoms with Crippen LogP contribution in [0.2, 0.25) is 0 Å². The fraction of sp³-hybridized carbons (Fsp3) is 1.00. The van der Waals surface area contributed by atoms with E-state index in [9.17, 15) is 0 Å². The minimum absolute atomic E-state index is 0. The van der Waals surface area contributed by atoms with Gasteiger partial charge >= 0.3 is 0 Å². The van der Waals surface area contributed by atoms with Crippen molar-refractivity contribution in [2.24, 2.45) is 5.73 Å². The van der Waals surface area contributed by atoms with E-state index in [4.69, 9.17) is 5.73 Å². The lowest BCUT2D eigenvalue weighted by molar-refractivity contribution is 0.505. The Balaban J connectivity index is -0.000000640. The monoisotopic (exact) mass is 336 g/mol. The van der Waals surface area contributed by atoms with Crippen LogP contribution < -0.4 is 5.73 Å². The molecule has 0 saturated carbocycles. The van der Waals surface area contributed by atoms with Gasteiger partial charge in [0.2, 0.25) is 0 Å². The van der Waals surface area contributed by atoms with Crippen molar-refractivity contribution in [2.45, 2.75) is 96.8 Å². The van der Waals surface area contributed by atoms with Crippen LogP contribution in [0.4, 0.5) is 0 Å². The summed E-state index contributed by atoms with van der Waals surface area (Å²) in [6.45, 7) is 3.16. The second-order valence-electron chi connectivity index (χ2n) is 6.73. The summed E-state index contributed by atoms with van der Waals surface area (Å²) in [5.74, 6) is 0. The van der Waals surface area contributed by atoms with E-state index in [1.165, 1.54) is 89.9 Å². The third-order valence-electron chi connectivity index (χ3n) is 3.56. The average molecular weight is 337 g/mol. The molecular formula is C19H45ClN2. The smallest absolute Gasteiger partial charge is 0.00773 e. The van der Waals surface area contributed by atoms with Crippen molar-refractivity contribution < 1.29 is 0 Å². The number of rotatable bonds is 14. The first-order chi connectivity index (χ1) is 10.1. The van der Waals surface area contributed by atoms with Crippen LogP contribution in [0.5, 0.6) is 0 Å². The third kappa shape index (κ3) is 36.9. The van der Waals surface area contributed by atoms with Gasteiger partial charge in [0.15, 0.2) is 0 Å². The van der Waals surface area contributed by atoms with Gasteiger partial charge in [-0.15, -0.1) is 12.4 Å². The Morgan fingerprint density at radius 3 is 1.00 bits per heavy atom. The van der Waals surface area contributed by atoms with Crippen molar-refractivity contribution in [2.75, 3.05) is 27.7 Å². The van der Waals surface area contributed by atoms with Crippen molar-refractivity contribution >= 4 is 12.4 Å². The van der Waals surface area contributed by atoms with Gasteiger partial charge in [-0.2, -0.15) is 0 Å². The highest BCUT2D eigenvalue weighted by atomic mass is 35.5. The minimum Gasteiger partial charge on any atom is -0.330 e. The lowest BCUT2D eigenvalue weighted by Gasteiger charge is -2.02. The molecule has 0 aliphatic rings. The molecule has 0 aromatic heterocycles. The molecule has 0 heterocycles. The predicted molar refractivity (Wildman–Crippen MR) is 106 cm³/mol. The van der Waals surface area contributed by atoms with Gasteiger partial charge < -0.3 is 10.6 Å². The minimum atomic E-state index is 0. The van der Waals surface area contributed by atoms with Crippen molar-refractivity contribution in [1.82, 2.24) is 4.90 Å². The molecule has 0 radical (unpaired) electrons. The van der Waals surface area contributed by atoms with Crippen LogP contribution >= 0.6 is 12.4 Å². The molecule has 0 bridgehead atoms. The van der Waals surface area contributed by atoms with Gasteiger partial charge in [0, 0.05) is 0 Å². The molecule has 3 heteroatoms. The zero-order valence-corrected chi connectivity index (χ0v) is 16.9. The van der Waals surface area contributed by atoms with Gasteiger partial charge in [0.1, 0.15) is 0 Å². The Morgan fingerprint density at radius 2 is 0.773 bits per heavy atom. The van der Waals surface area contributed by atoms with Gasteiger partial charge in [-0.3, -0.25) is 0 Å². The van der Waals surface area contributed by atoms with E-state index < -0.39 is 0 Å². The van der Waals surface area contributed by atoms with Crippen molar-refractivity contribution in [3.05, 3.63) is 0 Å². The summed E-state index contributed by atoms with van der Waals surface area (Å²) < 4.78 is 0. The number of halogens is 1. The zero-order valence-electron chi connectivity index (χ0n) is 16.0. The molecule has 0 aromatic rings. The van der Waals surface area contributed by atoms with E-state index >= 15 is 0 Å². The highest BCUT2D eigenvalue weighted by Crippen LogP contribution is 2.12. The molecule has 0 fully saturated rings. The summed E-state index contributed by atoms with van der Waals surface area (Å²) in [6.07, 6.45) is 19.9. The largest absolute Gasteiger partial charge is 0.330 e. The van der Waals surface area contributed by atoms with Crippen LogP contribution in [0.3, 0.4) is 0 Å². The maximum Gasteiger partial charge on any atom is -0.00773 e. The van der Waals surface area contributed by atoms with Crippen LogP contribution in [0, 0.1) is 0 Å². The second-order valence-corrected chi connectivity index (χ2v) is 6.73. The van der Waals surface area contributed by atoms with Crippen LogP contribution in [-0.4, -0.2) is 32.6 Å². The number of unbranched alkanes of at least 4 members (excludes halogenated alkanes) is 13. The molecule has 0 amide bonds. The van der Waals surface area contributed by atoms with Gasteiger partial charge in [-0.25, -0.2) is 0 Å². The van der Waals surface area contributed by atoms with Crippen LogP contribution in [0.25, 0.3) is 0 Å². The first kappa shape index (κ1) is 27.1. The lowest BCUT2D eigenvalue weighted by Crippen LogP contribution is -1.99. The Morgan fingerprint density at radius 1 is 0.545 bits per heavy atom. The summed E-state index contributed by atoms with van der Waals surface area (Å²) in [6, 6.07) is 0. The van der Waals surface area contributed by atoms with Gasteiger partial charge in [0.25, 0.3) is 0 Å². The normalized spacial score (nSPS) is 10.1. The second kappa shape index (κ2) is 26.1. The van der Waals surface area contributed by atoms with Gasteiger partial charge in [-0.05, 0) is 34.1 Å². The average Bonchev–Trinajstić information content (AvgIpc) is 2.43. The Bertz CT molecular complexity index is 147. The topological polar surface area (TPSA) is 29.3 Å². The zero-order chi connectivity index (χ0) is 16.2.